The minimum atomic E-state index is -5.23. The van der Waals surface area contributed by atoms with Gasteiger partial charge in [-0.05, 0) is 47.4 Å². The molecule has 0 heterocycles. The van der Waals surface area contributed by atoms with Crippen LogP contribution >= 0.6 is 11.6 Å². The lowest BCUT2D eigenvalue weighted by Crippen LogP contribution is -2.53. The topological polar surface area (TPSA) is 125 Å². The van der Waals surface area contributed by atoms with Crippen molar-refractivity contribution in [1.29, 1.82) is 5.26 Å². The number of halogens is 6. The zero-order chi connectivity index (χ0) is 35.8. The number of ether oxygens (including phenoxy) is 1. The van der Waals surface area contributed by atoms with Crippen LogP contribution in [0.1, 0.15) is 48.6 Å². The van der Waals surface area contributed by atoms with Gasteiger partial charge in [0.2, 0.25) is 11.7 Å². The molecule has 0 aliphatic rings. The Labute approximate surface area is 278 Å². The Balaban J connectivity index is 2.03. The van der Waals surface area contributed by atoms with E-state index in [1.165, 1.54) is 81.6 Å². The summed E-state index contributed by atoms with van der Waals surface area (Å²) in [4.78, 5) is 52.7. The van der Waals surface area contributed by atoms with Crippen molar-refractivity contribution in [2.45, 2.75) is 50.9 Å². The van der Waals surface area contributed by atoms with Crippen LogP contribution in [0.4, 0.5) is 22.0 Å². The van der Waals surface area contributed by atoms with Crippen molar-refractivity contribution in [3.05, 3.63) is 100 Å². The van der Waals surface area contributed by atoms with Crippen LogP contribution in [-0.4, -0.2) is 42.7 Å². The highest BCUT2D eigenvalue weighted by Gasteiger charge is 2.46. The third-order valence-corrected chi connectivity index (χ3v) is 7.79. The number of nitrogens with one attached hydrogen (secondary N) is 2. The van der Waals surface area contributed by atoms with E-state index < -0.39 is 77.8 Å². The van der Waals surface area contributed by atoms with Gasteiger partial charge >= 0.3 is 12.1 Å². The molecule has 14 heteroatoms. The standard InChI is InChI=1S/C34H31ClF5N3O5/c1-19(2)26(30(45)34(38,39)40)17-28(44)29(20-11-13-25(48-3)14-12-20)43-31(46)27(15-21-7-4-5-8-22(21)18-41)42-32(47)33(36,37)23-9-6-10-24(35)16-23/h4-14,16,19,26-27,29H,15,17H2,1-3H3,(H,42,47)(H,43,46)/t26-,27-,29-/m0/s1. The molecule has 2 N–H and O–H groups in total. The first-order valence-corrected chi connectivity index (χ1v) is 14.9. The van der Waals surface area contributed by atoms with Crippen molar-refractivity contribution in [2.75, 3.05) is 7.11 Å². The Morgan fingerprint density at radius 2 is 1.56 bits per heavy atom. The monoisotopic (exact) mass is 691 g/mol. The number of methoxy groups -OCH3 is 1. The summed E-state index contributed by atoms with van der Waals surface area (Å²) in [5, 5.41) is 13.9. The van der Waals surface area contributed by atoms with Crippen molar-refractivity contribution < 1.29 is 45.9 Å². The van der Waals surface area contributed by atoms with Gasteiger partial charge in [0.1, 0.15) is 17.8 Å². The van der Waals surface area contributed by atoms with E-state index in [1.807, 2.05) is 11.4 Å². The number of carbonyl (C=O) groups is 4. The molecule has 254 valence electrons. The number of carbonyl (C=O) groups excluding carboxylic acids is 4. The van der Waals surface area contributed by atoms with Crippen molar-refractivity contribution in [2.24, 2.45) is 11.8 Å². The predicted molar refractivity (Wildman–Crippen MR) is 165 cm³/mol. The van der Waals surface area contributed by atoms with Gasteiger partial charge in [0.25, 0.3) is 5.91 Å². The molecule has 0 saturated heterocycles. The molecule has 8 nitrogen and oxygen atoms in total. The van der Waals surface area contributed by atoms with E-state index >= 15 is 8.78 Å². The normalized spacial score (nSPS) is 13.5. The molecular weight excluding hydrogens is 661 g/mol. The van der Waals surface area contributed by atoms with Gasteiger partial charge in [-0.15, -0.1) is 0 Å². The van der Waals surface area contributed by atoms with Crippen LogP contribution in [0.15, 0.2) is 72.8 Å². The lowest BCUT2D eigenvalue weighted by Gasteiger charge is -2.27. The highest BCUT2D eigenvalue weighted by atomic mass is 35.5. The van der Waals surface area contributed by atoms with Crippen molar-refractivity contribution >= 4 is 35.0 Å². The number of benzene rings is 3. The smallest absolute Gasteiger partial charge is 0.450 e. The minimum Gasteiger partial charge on any atom is -0.497 e. The van der Waals surface area contributed by atoms with E-state index in [0.29, 0.717) is 5.75 Å². The fraction of sp³-hybridized carbons (Fsp3) is 0.324. The summed E-state index contributed by atoms with van der Waals surface area (Å²) in [6.07, 6.45) is -6.64. The van der Waals surface area contributed by atoms with E-state index in [9.17, 15) is 37.6 Å². The number of nitrogens with zero attached hydrogens (tertiary/aromatic N) is 1. The van der Waals surface area contributed by atoms with Crippen LogP contribution in [0.5, 0.6) is 5.75 Å². The quantitative estimate of drug-likeness (QED) is 0.192. The lowest BCUT2D eigenvalue weighted by atomic mass is 9.84. The van der Waals surface area contributed by atoms with E-state index in [-0.39, 0.29) is 21.7 Å². The zero-order valence-corrected chi connectivity index (χ0v) is 26.7. The van der Waals surface area contributed by atoms with Crippen LogP contribution in [0.3, 0.4) is 0 Å². The number of hydrogen-bond acceptors (Lipinski definition) is 6. The SMILES string of the molecule is COc1ccc([C@H](NC(=O)[C@H](Cc2ccccc2C#N)NC(=O)C(F)(F)c2cccc(Cl)c2)C(=O)C[C@H](C(=O)C(F)(F)F)C(C)C)cc1. The largest absolute Gasteiger partial charge is 0.497 e. The Morgan fingerprint density at radius 3 is 2.12 bits per heavy atom. The number of alkyl halides is 5. The van der Waals surface area contributed by atoms with Crippen molar-refractivity contribution in [1.82, 2.24) is 10.6 Å². The van der Waals surface area contributed by atoms with Crippen LogP contribution in [0.2, 0.25) is 5.02 Å². The molecule has 0 aromatic heterocycles. The van der Waals surface area contributed by atoms with Crippen molar-refractivity contribution in [3.63, 3.8) is 0 Å². The zero-order valence-electron chi connectivity index (χ0n) is 25.9. The highest BCUT2D eigenvalue weighted by molar-refractivity contribution is 6.30. The molecule has 0 spiro atoms. The fourth-order valence-corrected chi connectivity index (χ4v) is 5.06. The van der Waals surface area contributed by atoms with Crippen LogP contribution in [0, 0.1) is 23.2 Å². The molecular formula is C34H31ClF5N3O5. The molecule has 0 unspecified atom stereocenters. The van der Waals surface area contributed by atoms with Crippen LogP contribution < -0.4 is 15.4 Å². The Bertz CT molecular complexity index is 1690. The molecule has 3 atom stereocenters. The maximum Gasteiger partial charge on any atom is 0.450 e. The molecule has 0 aliphatic carbocycles. The van der Waals surface area contributed by atoms with Gasteiger partial charge in [-0.1, -0.05) is 67.9 Å². The first-order chi connectivity index (χ1) is 22.5. The van der Waals surface area contributed by atoms with E-state index in [1.54, 1.807) is 0 Å². The van der Waals surface area contributed by atoms with Gasteiger partial charge in [-0.2, -0.15) is 27.2 Å². The summed E-state index contributed by atoms with van der Waals surface area (Å²) in [7, 11) is 1.36. The Morgan fingerprint density at radius 1 is 0.917 bits per heavy atom. The van der Waals surface area contributed by atoms with Gasteiger partial charge < -0.3 is 15.4 Å². The number of ketones is 2. The number of hydrogen-bond donors (Lipinski definition) is 2. The molecule has 3 rings (SSSR count). The maximum atomic E-state index is 15.3. The maximum absolute atomic E-state index is 15.3. The number of Topliss-reactive ketones (excluding diaryl/α,β-unsaturated/α-hetero) is 2. The first kappa shape index (κ1) is 37.6. The molecule has 0 aliphatic heterocycles. The Kier molecular flexibility index (Phi) is 12.4. The third-order valence-electron chi connectivity index (χ3n) is 7.56. The van der Waals surface area contributed by atoms with E-state index in [0.717, 1.165) is 12.1 Å². The molecule has 0 bridgehead atoms. The van der Waals surface area contributed by atoms with Gasteiger partial charge in [0.05, 0.1) is 18.7 Å². The number of rotatable bonds is 14. The molecule has 3 aromatic rings. The molecule has 0 saturated carbocycles. The minimum absolute atomic E-state index is 0.0689. The molecule has 0 radical (unpaired) electrons. The molecule has 48 heavy (non-hydrogen) atoms. The number of amides is 2. The highest BCUT2D eigenvalue weighted by Crippen LogP contribution is 2.32. The van der Waals surface area contributed by atoms with Crippen LogP contribution in [-0.2, 0) is 31.5 Å². The second kappa shape index (κ2) is 15.8. The summed E-state index contributed by atoms with van der Waals surface area (Å²) >= 11 is 5.83. The van der Waals surface area contributed by atoms with Crippen LogP contribution in [0.25, 0.3) is 0 Å². The van der Waals surface area contributed by atoms with Gasteiger partial charge in [0, 0.05) is 29.3 Å². The molecule has 0 fully saturated rings. The van der Waals surface area contributed by atoms with E-state index in [2.05, 4.69) is 5.32 Å². The average Bonchev–Trinajstić information content (AvgIpc) is 3.04. The molecule has 2 amide bonds. The second-order valence-electron chi connectivity index (χ2n) is 11.2. The third kappa shape index (κ3) is 9.38. The van der Waals surface area contributed by atoms with Gasteiger partial charge in [-0.25, -0.2) is 0 Å². The summed E-state index contributed by atoms with van der Waals surface area (Å²) < 4.78 is 75.9. The predicted octanol–water partition coefficient (Wildman–Crippen LogP) is 6.26. The van der Waals surface area contributed by atoms with Gasteiger partial charge in [0.15, 0.2) is 5.78 Å². The summed E-state index contributed by atoms with van der Waals surface area (Å²) in [6.45, 7) is 2.67. The molecule has 3 aromatic carbocycles. The summed E-state index contributed by atoms with van der Waals surface area (Å²) in [6, 6.07) is 14.2. The Hall–Kier alpha value is -4.83. The first-order valence-electron chi connectivity index (χ1n) is 14.5. The summed E-state index contributed by atoms with van der Waals surface area (Å²) in [5.41, 5.74) is -0.443. The second-order valence-corrected chi connectivity index (χ2v) is 11.6. The van der Waals surface area contributed by atoms with Gasteiger partial charge in [-0.3, -0.25) is 19.2 Å². The number of nitriles is 1. The van der Waals surface area contributed by atoms with E-state index in [4.69, 9.17) is 16.3 Å². The fourth-order valence-electron chi connectivity index (χ4n) is 4.87. The average molecular weight is 692 g/mol. The van der Waals surface area contributed by atoms with Crippen molar-refractivity contribution in [3.8, 4) is 11.8 Å². The summed E-state index contributed by atoms with van der Waals surface area (Å²) in [5.74, 6) is -12.7. The lowest BCUT2D eigenvalue weighted by molar-refractivity contribution is -0.177.